The lowest BCUT2D eigenvalue weighted by atomic mass is 10.0. The van der Waals surface area contributed by atoms with Gasteiger partial charge in [0.25, 0.3) is 0 Å². The predicted octanol–water partition coefficient (Wildman–Crippen LogP) is -0.591. The van der Waals surface area contributed by atoms with Gasteiger partial charge in [0.2, 0.25) is 0 Å². The van der Waals surface area contributed by atoms with Crippen molar-refractivity contribution in [1.82, 2.24) is 10.6 Å². The highest BCUT2D eigenvalue weighted by Crippen LogP contribution is 2.38. The van der Waals surface area contributed by atoms with Crippen molar-refractivity contribution in [2.24, 2.45) is 5.11 Å². The first-order valence-electron chi connectivity index (χ1n) is 10.5. The van der Waals surface area contributed by atoms with Gasteiger partial charge in [-0.1, -0.05) is 5.11 Å². The molecule has 5 atom stereocenters. The van der Waals surface area contributed by atoms with Crippen molar-refractivity contribution in [2.45, 2.75) is 50.3 Å². The fourth-order valence-corrected chi connectivity index (χ4v) is 3.48. The van der Waals surface area contributed by atoms with Crippen molar-refractivity contribution in [3.63, 3.8) is 0 Å². The lowest BCUT2D eigenvalue weighted by Crippen LogP contribution is -2.54. The van der Waals surface area contributed by atoms with Crippen LogP contribution in [0.25, 0.3) is 10.4 Å². The summed E-state index contributed by atoms with van der Waals surface area (Å²) in [6.07, 6.45) is -3.01. The second-order valence-corrected chi connectivity index (χ2v) is 7.95. The summed E-state index contributed by atoms with van der Waals surface area (Å²) in [6, 6.07) is -0.630. The van der Waals surface area contributed by atoms with E-state index < -0.39 is 36.4 Å². The molecule has 0 aromatic heterocycles. The summed E-state index contributed by atoms with van der Waals surface area (Å²) in [7, 11) is 0. The van der Waals surface area contributed by atoms with E-state index in [0.29, 0.717) is 57.8 Å². The van der Waals surface area contributed by atoms with E-state index in [1.807, 2.05) is 0 Å². The van der Waals surface area contributed by atoms with Gasteiger partial charge in [-0.05, 0) is 31.6 Å². The Kier molecular flexibility index (Phi) is 11.8. The zero-order valence-electron chi connectivity index (χ0n) is 18.3. The SMILES string of the molecule is CC1(C)O[C@H]2O[C@H]([C@@H](CO)NC(=S)NCCOCCOCCOCCN=[N+]=[N-])[C@H](O)[C@H]2O1. The van der Waals surface area contributed by atoms with Crippen LogP contribution in [-0.2, 0) is 28.4 Å². The molecule has 32 heavy (non-hydrogen) atoms. The summed E-state index contributed by atoms with van der Waals surface area (Å²) >= 11 is 5.24. The Morgan fingerprint density at radius 2 is 1.81 bits per heavy atom. The molecule has 0 aromatic carbocycles. The molecule has 13 nitrogen and oxygen atoms in total. The number of rotatable bonds is 15. The third-order valence-electron chi connectivity index (χ3n) is 4.64. The van der Waals surface area contributed by atoms with Crippen molar-refractivity contribution in [2.75, 3.05) is 59.3 Å². The number of ether oxygens (including phenoxy) is 6. The summed E-state index contributed by atoms with van der Waals surface area (Å²) in [4.78, 5) is 2.63. The van der Waals surface area contributed by atoms with Gasteiger partial charge in [-0.2, -0.15) is 0 Å². The van der Waals surface area contributed by atoms with Crippen LogP contribution in [0.3, 0.4) is 0 Å². The molecule has 0 bridgehead atoms. The molecule has 0 saturated carbocycles. The molecular formula is C18H33N5O8S. The summed E-state index contributed by atoms with van der Waals surface area (Å²) in [5.74, 6) is -0.826. The molecule has 0 radical (unpaired) electrons. The number of thiocarbonyl (C=S) groups is 1. The highest BCUT2D eigenvalue weighted by molar-refractivity contribution is 7.80. The summed E-state index contributed by atoms with van der Waals surface area (Å²) < 4.78 is 33.0. The predicted molar refractivity (Wildman–Crippen MR) is 116 cm³/mol. The number of nitrogens with one attached hydrogen (secondary N) is 2. The molecular weight excluding hydrogens is 446 g/mol. The van der Waals surface area contributed by atoms with Crippen LogP contribution in [0.15, 0.2) is 5.11 Å². The second-order valence-electron chi connectivity index (χ2n) is 7.54. The van der Waals surface area contributed by atoms with Crippen molar-refractivity contribution in [3.05, 3.63) is 10.4 Å². The molecule has 2 saturated heterocycles. The normalized spacial score (nSPS) is 26.9. The number of hydrogen-bond donors (Lipinski definition) is 4. The number of aliphatic hydroxyl groups excluding tert-OH is 2. The van der Waals surface area contributed by atoms with Gasteiger partial charge < -0.3 is 49.3 Å². The van der Waals surface area contributed by atoms with Gasteiger partial charge in [-0.25, -0.2) is 0 Å². The Hall–Kier alpha value is -1.32. The van der Waals surface area contributed by atoms with Gasteiger partial charge in [0, 0.05) is 18.0 Å². The Morgan fingerprint density at radius 1 is 1.16 bits per heavy atom. The molecule has 0 aliphatic carbocycles. The number of nitrogens with zero attached hydrogens (tertiary/aromatic N) is 3. The van der Waals surface area contributed by atoms with Crippen molar-refractivity contribution < 1.29 is 38.6 Å². The average molecular weight is 480 g/mol. The van der Waals surface area contributed by atoms with Crippen LogP contribution in [0, 0.1) is 0 Å². The Morgan fingerprint density at radius 3 is 2.44 bits per heavy atom. The first-order chi connectivity index (χ1) is 15.4. The standard InChI is InChI=1S/C18H33N5O8S/c1-18(2)30-15-13(25)14(29-16(15)31-18)12(11-24)22-17(32)20-3-5-26-7-9-28-10-8-27-6-4-21-23-19/h12-16,24-25H,3-11H2,1-2H3,(H2,20,22,32)/t12-,13+,14-,15-,16-/m1/s1. The maximum absolute atomic E-state index is 10.5. The van der Waals surface area contributed by atoms with Crippen LogP contribution >= 0.6 is 12.2 Å². The fraction of sp³-hybridized carbons (Fsp3) is 0.944. The lowest BCUT2D eigenvalue weighted by Gasteiger charge is -2.29. The molecule has 2 aliphatic heterocycles. The van der Waals surface area contributed by atoms with E-state index in [1.54, 1.807) is 13.8 Å². The molecule has 2 heterocycles. The van der Waals surface area contributed by atoms with Gasteiger partial charge >= 0.3 is 0 Å². The largest absolute Gasteiger partial charge is 0.394 e. The van der Waals surface area contributed by atoms with Crippen molar-refractivity contribution >= 4 is 17.3 Å². The summed E-state index contributed by atoms with van der Waals surface area (Å²) in [5.41, 5.74) is 8.12. The van der Waals surface area contributed by atoms with Crippen LogP contribution < -0.4 is 10.6 Å². The van der Waals surface area contributed by atoms with Crippen LogP contribution in [0.4, 0.5) is 0 Å². The number of fused-ring (bicyclic) bond motifs is 1. The molecule has 0 aromatic rings. The Bertz CT molecular complexity index is 624. The summed E-state index contributed by atoms with van der Waals surface area (Å²) in [5, 5.41) is 29.8. The highest BCUT2D eigenvalue weighted by Gasteiger charge is 2.56. The Labute approximate surface area is 192 Å². The van der Waals surface area contributed by atoms with Gasteiger partial charge in [-0.15, -0.1) is 0 Å². The highest BCUT2D eigenvalue weighted by atomic mass is 32.1. The van der Waals surface area contributed by atoms with Gasteiger partial charge in [0.1, 0.15) is 18.3 Å². The third-order valence-corrected chi connectivity index (χ3v) is 4.90. The molecule has 14 heteroatoms. The first-order valence-corrected chi connectivity index (χ1v) is 10.9. The molecule has 4 N–H and O–H groups in total. The fourth-order valence-electron chi connectivity index (χ4n) is 3.23. The zero-order chi connectivity index (χ0) is 23.4. The molecule has 184 valence electrons. The van der Waals surface area contributed by atoms with Gasteiger partial charge in [0.15, 0.2) is 17.2 Å². The van der Waals surface area contributed by atoms with E-state index in [2.05, 4.69) is 20.7 Å². The van der Waals surface area contributed by atoms with E-state index in [9.17, 15) is 10.2 Å². The van der Waals surface area contributed by atoms with E-state index in [0.717, 1.165) is 0 Å². The Balaban J connectivity index is 1.50. The van der Waals surface area contributed by atoms with E-state index in [1.165, 1.54) is 0 Å². The van der Waals surface area contributed by atoms with Crippen LogP contribution in [0.1, 0.15) is 13.8 Å². The monoisotopic (exact) mass is 479 g/mol. The van der Waals surface area contributed by atoms with Crippen LogP contribution in [-0.4, -0.2) is 111 Å². The molecule has 2 aliphatic rings. The quantitative estimate of drug-likeness (QED) is 0.0778. The number of hydrogen-bond acceptors (Lipinski definition) is 10. The zero-order valence-corrected chi connectivity index (χ0v) is 19.2. The number of aliphatic hydroxyl groups is 2. The minimum Gasteiger partial charge on any atom is -0.394 e. The topological polar surface area (TPSA) is 169 Å². The van der Waals surface area contributed by atoms with Crippen molar-refractivity contribution in [1.29, 1.82) is 0 Å². The summed E-state index contributed by atoms with van der Waals surface area (Å²) in [6.45, 7) is 6.42. The van der Waals surface area contributed by atoms with Crippen molar-refractivity contribution in [3.8, 4) is 0 Å². The van der Waals surface area contributed by atoms with Gasteiger partial charge in [-0.3, -0.25) is 0 Å². The smallest absolute Gasteiger partial charge is 0.190 e. The molecule has 2 rings (SSSR count). The van der Waals surface area contributed by atoms with E-state index in [4.69, 9.17) is 46.2 Å². The lowest BCUT2D eigenvalue weighted by molar-refractivity contribution is -0.218. The maximum Gasteiger partial charge on any atom is 0.190 e. The molecule has 0 amide bonds. The third kappa shape index (κ3) is 8.90. The minimum absolute atomic E-state index is 0.296. The number of azide groups is 1. The molecule has 2 fully saturated rings. The molecule has 0 spiro atoms. The van der Waals surface area contributed by atoms with Gasteiger partial charge in [0.05, 0.1) is 52.3 Å². The van der Waals surface area contributed by atoms with E-state index >= 15 is 0 Å². The van der Waals surface area contributed by atoms with E-state index in [-0.39, 0.29) is 6.61 Å². The van der Waals surface area contributed by atoms with Crippen LogP contribution in [0.2, 0.25) is 0 Å². The minimum atomic E-state index is -0.964. The van der Waals surface area contributed by atoms with Crippen LogP contribution in [0.5, 0.6) is 0 Å². The average Bonchev–Trinajstić information content (AvgIpc) is 3.21. The first kappa shape index (κ1) is 26.9. The second kappa shape index (κ2) is 14.1. The maximum atomic E-state index is 10.5. The molecule has 0 unspecified atom stereocenters.